The lowest BCUT2D eigenvalue weighted by atomic mass is 10.2. The van der Waals surface area contributed by atoms with E-state index in [4.69, 9.17) is 11.6 Å². The van der Waals surface area contributed by atoms with Gasteiger partial charge in [0, 0.05) is 42.6 Å². The van der Waals surface area contributed by atoms with E-state index in [1.165, 1.54) is 11.8 Å². The predicted molar refractivity (Wildman–Crippen MR) is 130 cm³/mol. The molecule has 1 aliphatic rings. The Morgan fingerprint density at radius 1 is 1.06 bits per heavy atom. The van der Waals surface area contributed by atoms with Gasteiger partial charge < -0.3 is 15.1 Å². The number of carbonyl (C=O) groups is 2. The number of hydrogen-bond acceptors (Lipinski definition) is 6. The van der Waals surface area contributed by atoms with Crippen molar-refractivity contribution in [2.24, 2.45) is 0 Å². The minimum atomic E-state index is -0.218. The summed E-state index contributed by atoms with van der Waals surface area (Å²) < 4.78 is 1.84. The van der Waals surface area contributed by atoms with Gasteiger partial charge in [-0.25, -0.2) is 0 Å². The summed E-state index contributed by atoms with van der Waals surface area (Å²) in [6.07, 6.45) is 1.62. The number of rotatable bonds is 7. The highest BCUT2D eigenvalue weighted by atomic mass is 35.5. The molecule has 0 aliphatic carbocycles. The molecule has 0 saturated carbocycles. The maximum absolute atomic E-state index is 12.5. The van der Waals surface area contributed by atoms with Crippen molar-refractivity contribution < 1.29 is 9.59 Å². The molecule has 4 rings (SSSR count). The SMILES string of the molecule is Cc1ccc(-n2cnnc2SCC(=O)NCC(=O)N2CCN(c3cccc(Cl)c3)CC2)cc1. The molecule has 2 amide bonds. The number of nitrogens with zero attached hydrogens (tertiary/aromatic N) is 5. The summed E-state index contributed by atoms with van der Waals surface area (Å²) >= 11 is 7.36. The van der Waals surface area contributed by atoms with Crippen LogP contribution in [0.15, 0.2) is 60.0 Å². The van der Waals surface area contributed by atoms with Crippen molar-refractivity contribution in [1.29, 1.82) is 0 Å². The lowest BCUT2D eigenvalue weighted by Gasteiger charge is -2.36. The smallest absolute Gasteiger partial charge is 0.242 e. The Bertz CT molecular complexity index is 1110. The third-order valence-corrected chi connectivity index (χ3v) is 6.58. The van der Waals surface area contributed by atoms with E-state index in [1.54, 1.807) is 11.2 Å². The number of nitrogens with one attached hydrogen (secondary N) is 1. The molecule has 0 bridgehead atoms. The number of anilines is 1. The van der Waals surface area contributed by atoms with Crippen LogP contribution in [-0.4, -0.2) is 70.0 Å². The average molecular weight is 485 g/mol. The van der Waals surface area contributed by atoms with Gasteiger partial charge in [0.1, 0.15) is 6.33 Å². The van der Waals surface area contributed by atoms with Crippen LogP contribution in [0.25, 0.3) is 5.69 Å². The van der Waals surface area contributed by atoms with Crippen LogP contribution in [0.5, 0.6) is 0 Å². The van der Waals surface area contributed by atoms with E-state index in [1.807, 2.05) is 60.0 Å². The minimum absolute atomic E-state index is 0.0127. The number of benzene rings is 2. The summed E-state index contributed by atoms with van der Waals surface area (Å²) in [7, 11) is 0. The van der Waals surface area contributed by atoms with Crippen LogP contribution in [0, 0.1) is 6.92 Å². The first-order valence-corrected chi connectivity index (χ1v) is 12.0. The highest BCUT2D eigenvalue weighted by molar-refractivity contribution is 7.99. The molecule has 1 N–H and O–H groups in total. The summed E-state index contributed by atoms with van der Waals surface area (Å²) in [6, 6.07) is 15.7. The van der Waals surface area contributed by atoms with Gasteiger partial charge in [-0.2, -0.15) is 0 Å². The van der Waals surface area contributed by atoms with Crippen molar-refractivity contribution in [2.45, 2.75) is 12.1 Å². The summed E-state index contributed by atoms with van der Waals surface area (Å²) in [6.45, 7) is 4.68. The van der Waals surface area contributed by atoms with Crippen molar-refractivity contribution in [3.8, 4) is 5.69 Å². The van der Waals surface area contributed by atoms with Crippen LogP contribution in [-0.2, 0) is 9.59 Å². The van der Waals surface area contributed by atoms with E-state index in [2.05, 4.69) is 20.4 Å². The zero-order valence-corrected chi connectivity index (χ0v) is 19.8. The summed E-state index contributed by atoms with van der Waals surface area (Å²) in [5.74, 6) is -0.147. The molecule has 0 atom stereocenters. The highest BCUT2D eigenvalue weighted by Gasteiger charge is 2.22. The lowest BCUT2D eigenvalue weighted by molar-refractivity contribution is -0.132. The van der Waals surface area contributed by atoms with E-state index >= 15 is 0 Å². The molecule has 3 aromatic rings. The van der Waals surface area contributed by atoms with Crippen LogP contribution < -0.4 is 10.2 Å². The zero-order chi connectivity index (χ0) is 23.2. The Kier molecular flexibility index (Phi) is 7.51. The summed E-state index contributed by atoms with van der Waals surface area (Å²) in [4.78, 5) is 28.8. The van der Waals surface area contributed by atoms with Crippen molar-refractivity contribution in [1.82, 2.24) is 25.0 Å². The van der Waals surface area contributed by atoms with Gasteiger partial charge >= 0.3 is 0 Å². The van der Waals surface area contributed by atoms with E-state index in [0.29, 0.717) is 23.3 Å². The molecular weight excluding hydrogens is 460 g/mol. The molecule has 2 heterocycles. The van der Waals surface area contributed by atoms with Gasteiger partial charge in [-0.1, -0.05) is 47.1 Å². The second-order valence-corrected chi connectivity index (χ2v) is 9.11. The van der Waals surface area contributed by atoms with E-state index < -0.39 is 0 Å². The first-order valence-electron chi connectivity index (χ1n) is 10.6. The molecule has 10 heteroatoms. The molecule has 172 valence electrons. The first-order chi connectivity index (χ1) is 16.0. The quantitative estimate of drug-likeness (QED) is 0.519. The van der Waals surface area contributed by atoms with Gasteiger partial charge in [-0.3, -0.25) is 14.2 Å². The van der Waals surface area contributed by atoms with Gasteiger partial charge in [-0.15, -0.1) is 10.2 Å². The van der Waals surface area contributed by atoms with Crippen molar-refractivity contribution in [2.75, 3.05) is 43.4 Å². The monoisotopic (exact) mass is 484 g/mol. The first kappa shape index (κ1) is 23.1. The minimum Gasteiger partial charge on any atom is -0.368 e. The maximum Gasteiger partial charge on any atom is 0.242 e. The van der Waals surface area contributed by atoms with Crippen LogP contribution in [0.4, 0.5) is 5.69 Å². The number of aromatic nitrogens is 3. The van der Waals surface area contributed by atoms with Crippen LogP contribution >= 0.6 is 23.4 Å². The summed E-state index contributed by atoms with van der Waals surface area (Å²) in [5.41, 5.74) is 3.15. The third kappa shape index (κ3) is 6.06. The van der Waals surface area contributed by atoms with Crippen molar-refractivity contribution in [3.05, 3.63) is 65.4 Å². The van der Waals surface area contributed by atoms with Crippen LogP contribution in [0.1, 0.15) is 5.56 Å². The Balaban J connectivity index is 1.21. The molecule has 1 aliphatic heterocycles. The van der Waals surface area contributed by atoms with Crippen molar-refractivity contribution in [3.63, 3.8) is 0 Å². The Hall–Kier alpha value is -3.04. The molecule has 0 spiro atoms. The van der Waals surface area contributed by atoms with Crippen LogP contribution in [0.3, 0.4) is 0 Å². The molecule has 33 heavy (non-hydrogen) atoms. The van der Waals surface area contributed by atoms with E-state index in [0.717, 1.165) is 30.0 Å². The number of hydrogen-bond donors (Lipinski definition) is 1. The fraction of sp³-hybridized carbons (Fsp3) is 0.304. The standard InChI is InChI=1S/C23H25ClN6O2S/c1-17-5-7-19(8-6-17)30-16-26-27-23(30)33-15-21(31)25-14-22(32)29-11-9-28(10-12-29)20-4-2-3-18(24)13-20/h2-8,13,16H,9-12,14-15H2,1H3,(H,25,31). The molecule has 1 saturated heterocycles. The average Bonchev–Trinajstić information content (AvgIpc) is 3.30. The second-order valence-electron chi connectivity index (χ2n) is 7.73. The van der Waals surface area contributed by atoms with Gasteiger partial charge in [0.05, 0.1) is 12.3 Å². The second kappa shape index (κ2) is 10.7. The topological polar surface area (TPSA) is 83.4 Å². The molecule has 2 aromatic carbocycles. The Morgan fingerprint density at radius 3 is 2.55 bits per heavy atom. The van der Waals surface area contributed by atoms with Gasteiger partial charge in [-0.05, 0) is 37.3 Å². The molecule has 0 unspecified atom stereocenters. The Labute approximate surface area is 201 Å². The molecule has 0 radical (unpaired) electrons. The fourth-order valence-electron chi connectivity index (χ4n) is 3.56. The predicted octanol–water partition coefficient (Wildman–Crippen LogP) is 2.79. The van der Waals surface area contributed by atoms with Gasteiger partial charge in [0.2, 0.25) is 11.8 Å². The number of carbonyl (C=O) groups excluding carboxylic acids is 2. The molecule has 1 aromatic heterocycles. The van der Waals surface area contributed by atoms with Gasteiger partial charge in [0.15, 0.2) is 5.16 Å². The number of halogens is 1. The summed E-state index contributed by atoms with van der Waals surface area (Å²) in [5, 5.41) is 12.1. The largest absolute Gasteiger partial charge is 0.368 e. The molecule has 8 nitrogen and oxygen atoms in total. The van der Waals surface area contributed by atoms with Crippen LogP contribution in [0.2, 0.25) is 5.02 Å². The normalized spacial score (nSPS) is 13.8. The zero-order valence-electron chi connectivity index (χ0n) is 18.3. The van der Waals surface area contributed by atoms with Crippen molar-refractivity contribution >= 4 is 40.9 Å². The lowest BCUT2D eigenvalue weighted by Crippen LogP contribution is -2.51. The van der Waals surface area contributed by atoms with E-state index in [9.17, 15) is 9.59 Å². The van der Waals surface area contributed by atoms with E-state index in [-0.39, 0.29) is 24.1 Å². The number of thioether (sulfide) groups is 1. The Morgan fingerprint density at radius 2 is 1.82 bits per heavy atom. The molecular formula is C23H25ClN6O2S. The maximum atomic E-state index is 12.5. The fourth-order valence-corrected chi connectivity index (χ4v) is 4.50. The number of piperazine rings is 1. The van der Waals surface area contributed by atoms with Gasteiger partial charge in [0.25, 0.3) is 0 Å². The highest BCUT2D eigenvalue weighted by Crippen LogP contribution is 2.21. The molecule has 1 fully saturated rings. The number of aryl methyl sites for hydroxylation is 1. The third-order valence-electron chi connectivity index (χ3n) is 5.40. The number of amides is 2.